The van der Waals surface area contributed by atoms with Gasteiger partial charge in [0.1, 0.15) is 0 Å². The van der Waals surface area contributed by atoms with Crippen LogP contribution in [0.15, 0.2) is 80.1 Å². The molecule has 0 unspecified atom stereocenters. The normalized spacial score (nSPS) is 10.8. The fourth-order valence-corrected chi connectivity index (χ4v) is 3.81. The number of amidine groups is 1. The molecule has 0 amide bonds. The first-order chi connectivity index (χ1) is 14.0. The van der Waals surface area contributed by atoms with Crippen LogP contribution in [-0.2, 0) is 36.7 Å². The minimum Gasteiger partial charge on any atom is -2.00 e. The van der Waals surface area contributed by atoms with Crippen LogP contribution in [0.25, 0.3) is 21.8 Å². The van der Waals surface area contributed by atoms with E-state index in [0.29, 0.717) is 10.0 Å². The third-order valence-electron chi connectivity index (χ3n) is 3.73. The minimum atomic E-state index is -0.167. The van der Waals surface area contributed by atoms with E-state index in [0.717, 1.165) is 26.3 Å². The van der Waals surface area contributed by atoms with E-state index in [1.54, 1.807) is 24.5 Å². The molecule has 0 bridgehead atoms. The van der Waals surface area contributed by atoms with Gasteiger partial charge in [-0.05, 0) is 35.0 Å². The second kappa shape index (κ2) is 12.7. The number of fused-ring (bicyclic) bond motifs is 3. The number of benzene rings is 2. The van der Waals surface area contributed by atoms with Crippen molar-refractivity contribution in [2.75, 3.05) is 0 Å². The van der Waals surface area contributed by atoms with Crippen LogP contribution in [0.1, 0.15) is 5.56 Å². The third-order valence-corrected chi connectivity index (χ3v) is 4.86. The van der Waals surface area contributed by atoms with E-state index in [2.05, 4.69) is 88.9 Å². The van der Waals surface area contributed by atoms with E-state index in [9.17, 15) is 5.11 Å². The van der Waals surface area contributed by atoms with Gasteiger partial charge in [-0.1, -0.05) is 61.9 Å². The molecule has 0 aliphatic heterocycles. The summed E-state index contributed by atoms with van der Waals surface area (Å²) in [5, 5.41) is 20.7. The Hall–Kier alpha value is -2.08. The average molecular weight is 598 g/mol. The Kier molecular flexibility index (Phi) is 11.0. The van der Waals surface area contributed by atoms with Crippen molar-refractivity contribution in [1.82, 2.24) is 9.97 Å². The molecule has 2 aromatic heterocycles. The SMILES string of the molecule is N/C([S-])=N/N=C/c1cc(Br)cc(Br)c1[O-].[O-2].[V+4].c1cnc2c(c1)ccc1cccnc12. The number of aromatic nitrogens is 2. The van der Waals surface area contributed by atoms with E-state index >= 15 is 0 Å². The molecule has 0 atom stereocenters. The summed E-state index contributed by atoms with van der Waals surface area (Å²) in [7, 11) is 0. The largest absolute Gasteiger partial charge is 4.00 e. The van der Waals surface area contributed by atoms with Crippen molar-refractivity contribution in [2.24, 2.45) is 15.9 Å². The summed E-state index contributed by atoms with van der Waals surface area (Å²) in [5.74, 6) is -0.167. The number of hydrogen-bond acceptors (Lipinski definition) is 6. The van der Waals surface area contributed by atoms with E-state index in [-0.39, 0.29) is 34.9 Å². The molecule has 31 heavy (non-hydrogen) atoms. The summed E-state index contributed by atoms with van der Waals surface area (Å²) in [5.41, 5.74) is 7.46. The number of halogens is 2. The molecule has 11 heteroatoms. The van der Waals surface area contributed by atoms with Crippen LogP contribution < -0.4 is 10.8 Å². The number of rotatable bonds is 2. The maximum absolute atomic E-state index is 11.5. The van der Waals surface area contributed by atoms with Crippen LogP contribution in [0, 0.1) is 0 Å². The first-order valence-electron chi connectivity index (χ1n) is 8.24. The quantitative estimate of drug-likeness (QED) is 0.122. The Bertz CT molecular complexity index is 1180. The van der Waals surface area contributed by atoms with Crippen LogP contribution in [0.2, 0.25) is 0 Å². The first kappa shape index (κ1) is 27.0. The van der Waals surface area contributed by atoms with Gasteiger partial charge in [0.25, 0.3) is 0 Å². The van der Waals surface area contributed by atoms with Gasteiger partial charge in [0.15, 0.2) is 0 Å². The van der Waals surface area contributed by atoms with Crippen molar-refractivity contribution >= 4 is 77.7 Å². The Morgan fingerprint density at radius 1 is 1.00 bits per heavy atom. The summed E-state index contributed by atoms with van der Waals surface area (Å²) in [4.78, 5) is 8.69. The van der Waals surface area contributed by atoms with Crippen molar-refractivity contribution in [3.8, 4) is 5.75 Å². The molecule has 2 aromatic carbocycles. The van der Waals surface area contributed by atoms with Gasteiger partial charge < -0.3 is 28.9 Å². The third kappa shape index (κ3) is 7.24. The summed E-state index contributed by atoms with van der Waals surface area (Å²) in [6.45, 7) is 0. The molecule has 0 fully saturated rings. The molecule has 0 spiro atoms. The number of nitrogens with two attached hydrogens (primary N) is 1. The van der Waals surface area contributed by atoms with Crippen molar-refractivity contribution in [3.63, 3.8) is 0 Å². The van der Waals surface area contributed by atoms with Crippen molar-refractivity contribution < 1.29 is 29.1 Å². The van der Waals surface area contributed by atoms with Gasteiger partial charge >= 0.3 is 18.6 Å². The molecule has 0 saturated heterocycles. The second-order valence-corrected chi connectivity index (χ2v) is 7.89. The minimum absolute atomic E-state index is 0. The number of pyridine rings is 2. The summed E-state index contributed by atoms with van der Waals surface area (Å²) in [6.07, 6.45) is 4.91. The Balaban J connectivity index is 0.000000291. The molecule has 7 nitrogen and oxygen atoms in total. The fraction of sp³-hybridized carbons (Fsp3) is 0. The second-order valence-electron chi connectivity index (χ2n) is 5.70. The van der Waals surface area contributed by atoms with Crippen LogP contribution in [0.5, 0.6) is 5.75 Å². The van der Waals surface area contributed by atoms with Crippen LogP contribution >= 0.6 is 31.9 Å². The van der Waals surface area contributed by atoms with Gasteiger partial charge in [0.05, 0.1) is 17.2 Å². The van der Waals surface area contributed by atoms with E-state index in [4.69, 9.17) is 5.73 Å². The topological polar surface area (TPSA) is 128 Å². The maximum atomic E-state index is 11.5. The molecular formula is C20H13Br2N5O2SV. The van der Waals surface area contributed by atoms with Gasteiger partial charge in [-0.2, -0.15) is 10.2 Å². The van der Waals surface area contributed by atoms with Gasteiger partial charge in [-0.3, -0.25) is 9.97 Å². The summed E-state index contributed by atoms with van der Waals surface area (Å²) < 4.78 is 1.22. The number of nitrogens with zero attached hydrogens (tertiary/aromatic N) is 4. The van der Waals surface area contributed by atoms with Crippen LogP contribution in [-0.4, -0.2) is 21.4 Å². The molecule has 155 valence electrons. The van der Waals surface area contributed by atoms with Gasteiger partial charge in [-0.15, -0.1) is 0 Å². The smallest absolute Gasteiger partial charge is 2.00 e. The van der Waals surface area contributed by atoms with Gasteiger partial charge in [-0.25, -0.2) is 0 Å². The van der Waals surface area contributed by atoms with E-state index in [1.165, 1.54) is 6.21 Å². The van der Waals surface area contributed by atoms with Crippen molar-refractivity contribution in [3.05, 3.63) is 75.4 Å². The van der Waals surface area contributed by atoms with Crippen molar-refractivity contribution in [1.29, 1.82) is 0 Å². The molecule has 1 radical (unpaired) electrons. The predicted molar refractivity (Wildman–Crippen MR) is 126 cm³/mol. The maximum Gasteiger partial charge on any atom is 4.00 e. The molecule has 4 aromatic rings. The average Bonchev–Trinajstić information content (AvgIpc) is 2.71. The Labute approximate surface area is 212 Å². The molecule has 2 heterocycles. The molecule has 0 saturated carbocycles. The zero-order valence-electron chi connectivity index (χ0n) is 15.6. The monoisotopic (exact) mass is 596 g/mol. The van der Waals surface area contributed by atoms with Gasteiger partial charge in [0, 0.05) is 32.1 Å². The zero-order chi connectivity index (χ0) is 20.8. The molecule has 0 aliphatic carbocycles. The molecule has 4 rings (SSSR count). The molecule has 2 N–H and O–H groups in total. The van der Waals surface area contributed by atoms with Crippen molar-refractivity contribution in [2.45, 2.75) is 0 Å². The Morgan fingerprint density at radius 3 is 2.06 bits per heavy atom. The standard InChI is InChI=1S/C12H8N2.C8H7Br2N3OS.O.V/c1-3-9-5-6-10-4-2-8-14-12(10)11(9)13-7-1;9-5-1-4(3-12-13-8(11)15)7(14)6(10)2-5;;/h1-8H;1-3,14H,(H3,11,13,15);;/q;;-2;+4/p-2/b;12-3+;;. The fourth-order valence-electron chi connectivity index (χ4n) is 2.50. The van der Waals surface area contributed by atoms with E-state index in [1.807, 2.05) is 12.1 Å². The zero-order valence-corrected chi connectivity index (χ0v) is 21.0. The summed E-state index contributed by atoms with van der Waals surface area (Å²) >= 11 is 10.9. The predicted octanol–water partition coefficient (Wildman–Crippen LogP) is 4.14. The van der Waals surface area contributed by atoms with Gasteiger partial charge in [0.2, 0.25) is 0 Å². The Morgan fingerprint density at radius 2 is 1.55 bits per heavy atom. The first-order valence-corrected chi connectivity index (χ1v) is 10.2. The molecule has 0 aliphatic rings. The number of hydrogen-bond donors (Lipinski definition) is 1. The van der Waals surface area contributed by atoms with Crippen LogP contribution in [0.4, 0.5) is 0 Å². The molecular weight excluding hydrogens is 585 g/mol. The summed E-state index contributed by atoms with van der Waals surface area (Å²) in [6, 6.07) is 15.4. The van der Waals surface area contributed by atoms with E-state index < -0.39 is 0 Å². The van der Waals surface area contributed by atoms with Crippen LogP contribution in [0.3, 0.4) is 0 Å².